The molecule has 0 aromatic heterocycles. The second-order valence-electron chi connectivity index (χ2n) is 6.84. The number of aliphatic hydroxyl groups excluding tert-OH is 1. The normalized spacial score (nSPS) is 32.2. The molecule has 2 heterocycles. The second kappa shape index (κ2) is 8.53. The maximum absolute atomic E-state index is 10.9. The highest BCUT2D eigenvalue weighted by atomic mass is 32.2. The van der Waals surface area contributed by atoms with Crippen molar-refractivity contribution in [3.05, 3.63) is 76.2 Å². The van der Waals surface area contributed by atoms with Crippen LogP contribution >= 0.6 is 11.8 Å². The van der Waals surface area contributed by atoms with Crippen molar-refractivity contribution >= 4 is 11.8 Å². The fourth-order valence-corrected chi connectivity index (χ4v) is 4.50. The number of rotatable bonds is 4. The molecule has 146 valence electrons. The molecule has 2 saturated heterocycles. The van der Waals surface area contributed by atoms with Crippen LogP contribution in [0.4, 0.5) is 0 Å². The van der Waals surface area contributed by atoms with Gasteiger partial charge in [-0.1, -0.05) is 64.9 Å². The highest BCUT2D eigenvalue weighted by Crippen LogP contribution is 2.40. The topological polar surface area (TPSA) is 96.7 Å². The third-order valence-corrected chi connectivity index (χ3v) is 6.03. The molecule has 28 heavy (non-hydrogen) atoms. The summed E-state index contributed by atoms with van der Waals surface area (Å²) in [5.74, 6) is 0. The number of aryl methyl sites for hydroxylation is 1. The summed E-state index contributed by atoms with van der Waals surface area (Å²) in [6.07, 6.45) is -2.66. The summed E-state index contributed by atoms with van der Waals surface area (Å²) in [6.45, 7) is 2.30. The third kappa shape index (κ3) is 4.03. The minimum atomic E-state index is -0.993. The van der Waals surface area contributed by atoms with Crippen LogP contribution in [0.5, 0.6) is 0 Å². The molecule has 2 fully saturated rings. The molecular weight excluding hydrogens is 378 g/mol. The number of benzene rings is 2. The summed E-state index contributed by atoms with van der Waals surface area (Å²) in [4.78, 5) is 3.89. The summed E-state index contributed by atoms with van der Waals surface area (Å²) in [6, 6.07) is 16.7. The molecule has 2 aromatic carbocycles. The molecule has 0 aliphatic carbocycles. The number of hydrogen-bond donors (Lipinski definition) is 1. The fraction of sp³-hybridized carbons (Fsp3) is 0.400. The van der Waals surface area contributed by atoms with Crippen LogP contribution in [0.3, 0.4) is 0 Å². The Morgan fingerprint density at radius 3 is 2.57 bits per heavy atom. The predicted octanol–water partition coefficient (Wildman–Crippen LogP) is 3.97. The number of fused-ring (bicyclic) bond motifs is 1. The number of thioether (sulfide) groups is 1. The van der Waals surface area contributed by atoms with Gasteiger partial charge < -0.3 is 19.3 Å². The van der Waals surface area contributed by atoms with Gasteiger partial charge in [0, 0.05) is 15.4 Å². The Balaban J connectivity index is 1.52. The van der Waals surface area contributed by atoms with Crippen LogP contribution in [-0.4, -0.2) is 41.5 Å². The van der Waals surface area contributed by atoms with Crippen molar-refractivity contribution in [1.82, 2.24) is 0 Å². The Hall–Kier alpha value is -2.06. The Kier molecular flexibility index (Phi) is 5.87. The number of hydrogen-bond acceptors (Lipinski definition) is 6. The van der Waals surface area contributed by atoms with Crippen molar-refractivity contribution in [2.24, 2.45) is 5.11 Å². The lowest BCUT2D eigenvalue weighted by molar-refractivity contribution is -0.305. The molecule has 0 saturated carbocycles. The molecular formula is C20H21N3O4S. The van der Waals surface area contributed by atoms with Crippen LogP contribution in [0.2, 0.25) is 0 Å². The molecule has 0 amide bonds. The zero-order valence-corrected chi connectivity index (χ0v) is 16.1. The zero-order valence-electron chi connectivity index (χ0n) is 15.3. The van der Waals surface area contributed by atoms with Crippen molar-refractivity contribution in [1.29, 1.82) is 0 Å². The van der Waals surface area contributed by atoms with Crippen LogP contribution in [0.15, 0.2) is 64.6 Å². The number of nitrogens with zero attached hydrogens (tertiary/aromatic N) is 3. The van der Waals surface area contributed by atoms with Gasteiger partial charge in [0.1, 0.15) is 23.7 Å². The highest BCUT2D eigenvalue weighted by molar-refractivity contribution is 7.99. The van der Waals surface area contributed by atoms with Gasteiger partial charge in [-0.15, -0.1) is 0 Å². The van der Waals surface area contributed by atoms with Gasteiger partial charge in [0.15, 0.2) is 6.29 Å². The average molecular weight is 399 g/mol. The van der Waals surface area contributed by atoms with E-state index in [0.29, 0.717) is 0 Å². The van der Waals surface area contributed by atoms with Crippen molar-refractivity contribution in [3.8, 4) is 0 Å². The average Bonchev–Trinajstić information content (AvgIpc) is 2.73. The van der Waals surface area contributed by atoms with E-state index in [9.17, 15) is 5.11 Å². The van der Waals surface area contributed by atoms with Crippen molar-refractivity contribution in [3.63, 3.8) is 0 Å². The van der Waals surface area contributed by atoms with Gasteiger partial charge in [0.25, 0.3) is 0 Å². The second-order valence-corrected chi connectivity index (χ2v) is 8.01. The van der Waals surface area contributed by atoms with Crippen molar-refractivity contribution in [2.75, 3.05) is 6.61 Å². The standard InChI is InChI=1S/C20H21N3O4S/c1-12-7-9-14(10-8-12)28-20-16(22-23-21)17(24)18-15(26-20)11-25-19(27-18)13-5-3-2-4-6-13/h2-10,15-20,24H,11H2,1H3/t15-,16-,17+,18-,19?,20+/m1/s1. The molecule has 1 N–H and O–H groups in total. The molecule has 0 spiro atoms. The summed E-state index contributed by atoms with van der Waals surface area (Å²) in [7, 11) is 0. The Morgan fingerprint density at radius 1 is 1.11 bits per heavy atom. The molecule has 2 aromatic rings. The van der Waals surface area contributed by atoms with Crippen LogP contribution in [-0.2, 0) is 14.2 Å². The van der Waals surface area contributed by atoms with Crippen LogP contribution in [0, 0.1) is 6.92 Å². The van der Waals surface area contributed by atoms with E-state index in [4.69, 9.17) is 19.7 Å². The molecule has 8 heteroatoms. The molecule has 7 nitrogen and oxygen atoms in total. The van der Waals surface area contributed by atoms with Crippen LogP contribution in [0.25, 0.3) is 10.4 Å². The van der Waals surface area contributed by atoms with Gasteiger partial charge >= 0.3 is 0 Å². The minimum absolute atomic E-state index is 0.287. The van der Waals surface area contributed by atoms with E-state index in [0.717, 1.165) is 16.0 Å². The molecule has 0 bridgehead atoms. The van der Waals surface area contributed by atoms with Crippen molar-refractivity contribution in [2.45, 2.75) is 47.9 Å². The Labute approximate surface area is 167 Å². The first-order chi connectivity index (χ1) is 13.7. The summed E-state index contributed by atoms with van der Waals surface area (Å²) >= 11 is 1.42. The molecule has 2 aliphatic rings. The zero-order chi connectivity index (χ0) is 19.5. The Morgan fingerprint density at radius 2 is 1.86 bits per heavy atom. The SMILES string of the molecule is Cc1ccc(S[C@@H]2O[C@@H]3COC(c4ccccc4)O[C@H]3[C@@H](O)[C@H]2N=[N+]=[N-])cc1. The monoisotopic (exact) mass is 399 g/mol. The predicted molar refractivity (Wildman–Crippen MR) is 105 cm³/mol. The van der Waals surface area contributed by atoms with Gasteiger partial charge in [-0.3, -0.25) is 0 Å². The van der Waals surface area contributed by atoms with Crippen molar-refractivity contribution < 1.29 is 19.3 Å². The van der Waals surface area contributed by atoms with Gasteiger partial charge in [-0.25, -0.2) is 0 Å². The van der Waals surface area contributed by atoms with Crippen LogP contribution in [0.1, 0.15) is 17.4 Å². The van der Waals surface area contributed by atoms with Crippen LogP contribution < -0.4 is 0 Å². The summed E-state index contributed by atoms with van der Waals surface area (Å²) < 4.78 is 17.9. The summed E-state index contributed by atoms with van der Waals surface area (Å²) in [5.41, 5.74) is 10.5. The maximum atomic E-state index is 10.9. The lowest BCUT2D eigenvalue weighted by Crippen LogP contribution is -2.60. The summed E-state index contributed by atoms with van der Waals surface area (Å²) in [5, 5.41) is 14.7. The first-order valence-corrected chi connectivity index (χ1v) is 9.97. The lowest BCUT2D eigenvalue weighted by Gasteiger charge is -2.46. The Bertz CT molecular complexity index is 844. The smallest absolute Gasteiger partial charge is 0.184 e. The van der Waals surface area contributed by atoms with Gasteiger partial charge in [-0.2, -0.15) is 0 Å². The number of ether oxygens (including phenoxy) is 3. The lowest BCUT2D eigenvalue weighted by atomic mass is 9.97. The molecule has 0 radical (unpaired) electrons. The van der Waals surface area contributed by atoms with E-state index >= 15 is 0 Å². The van der Waals surface area contributed by atoms with E-state index in [1.807, 2.05) is 61.5 Å². The van der Waals surface area contributed by atoms with E-state index in [-0.39, 0.29) is 6.61 Å². The van der Waals surface area contributed by atoms with Gasteiger partial charge in [-0.05, 0) is 24.6 Å². The maximum Gasteiger partial charge on any atom is 0.184 e. The van der Waals surface area contributed by atoms with E-state index in [1.165, 1.54) is 11.8 Å². The first-order valence-electron chi connectivity index (χ1n) is 9.09. The fourth-order valence-electron chi connectivity index (χ4n) is 3.39. The molecule has 6 atom stereocenters. The van der Waals surface area contributed by atoms with Gasteiger partial charge in [0.05, 0.1) is 12.7 Å². The molecule has 4 rings (SSSR count). The van der Waals surface area contributed by atoms with E-state index < -0.39 is 36.1 Å². The third-order valence-electron chi connectivity index (χ3n) is 4.86. The largest absolute Gasteiger partial charge is 0.390 e. The first kappa shape index (κ1) is 19.3. The van der Waals surface area contributed by atoms with Gasteiger partial charge in [0.2, 0.25) is 0 Å². The molecule has 2 aliphatic heterocycles. The highest BCUT2D eigenvalue weighted by Gasteiger charge is 2.49. The quantitative estimate of drug-likeness (QED) is 0.477. The number of azide groups is 1. The minimum Gasteiger partial charge on any atom is -0.390 e. The molecule has 1 unspecified atom stereocenters. The number of aliphatic hydroxyl groups is 1. The van der Waals surface area contributed by atoms with E-state index in [2.05, 4.69) is 10.0 Å². The van der Waals surface area contributed by atoms with E-state index in [1.54, 1.807) is 0 Å².